The van der Waals surface area contributed by atoms with E-state index in [4.69, 9.17) is 0 Å². The van der Waals surface area contributed by atoms with Crippen molar-refractivity contribution < 1.29 is 0 Å². The largest absolute Gasteiger partial charge is 0.310 e. The van der Waals surface area contributed by atoms with Crippen LogP contribution in [0.25, 0.3) is 0 Å². The summed E-state index contributed by atoms with van der Waals surface area (Å²) in [6.07, 6.45) is 11.4. The molecule has 0 rings (SSSR count). The molecule has 0 aromatic heterocycles. The molecule has 0 heterocycles. The van der Waals surface area contributed by atoms with Gasteiger partial charge >= 0.3 is 0 Å². The Hall–Kier alpha value is -0.340. The van der Waals surface area contributed by atoms with Gasteiger partial charge in [-0.05, 0) is 13.3 Å². The molecule has 126 valence electrons. The molecule has 0 aliphatic rings. The molecule has 2 heteroatoms. The summed E-state index contributed by atoms with van der Waals surface area (Å²) in [4.78, 5) is 0. The van der Waals surface area contributed by atoms with Crippen LogP contribution in [0.2, 0.25) is 0 Å². The minimum absolute atomic E-state index is 0.0398. The van der Waals surface area contributed by atoms with Crippen molar-refractivity contribution >= 4 is 0 Å². The molecule has 0 saturated carbocycles. The van der Waals surface area contributed by atoms with Crippen molar-refractivity contribution in [1.29, 1.82) is 0 Å². The third-order valence-corrected chi connectivity index (χ3v) is 4.13. The molecule has 0 saturated heterocycles. The Morgan fingerprint density at radius 2 is 1.52 bits per heavy atom. The second kappa shape index (κ2) is 11.3. The van der Waals surface area contributed by atoms with Gasteiger partial charge in [0.1, 0.15) is 0 Å². The fraction of sp³-hybridized carbons (Fsp3) is 0.895. The van der Waals surface area contributed by atoms with E-state index in [1.165, 1.54) is 44.9 Å². The first-order chi connectivity index (χ1) is 9.85. The Balaban J connectivity index is 4.44. The van der Waals surface area contributed by atoms with Crippen molar-refractivity contribution in [1.82, 2.24) is 10.6 Å². The highest BCUT2D eigenvalue weighted by atomic mass is 15.1. The van der Waals surface area contributed by atoms with Crippen molar-refractivity contribution in [2.24, 2.45) is 0 Å². The average Bonchev–Trinajstić information content (AvgIpc) is 2.40. The minimum atomic E-state index is -0.0398. The molecule has 2 atom stereocenters. The second-order valence-electron chi connectivity index (χ2n) is 7.22. The van der Waals surface area contributed by atoms with E-state index in [-0.39, 0.29) is 5.54 Å². The summed E-state index contributed by atoms with van der Waals surface area (Å²) in [6.45, 7) is 17.5. The molecule has 2 unspecified atom stereocenters. The molecule has 0 aliphatic carbocycles. The Labute approximate surface area is 134 Å². The SMILES string of the molecule is C=CC(C)(NC(C)C)C(CCCCCCCC)NC(C)C. The Bertz CT molecular complexity index is 260. The molecule has 0 aliphatic heterocycles. The number of unbranched alkanes of at least 4 members (excludes halogenated alkanes) is 5. The maximum absolute atomic E-state index is 4.08. The Morgan fingerprint density at radius 1 is 0.952 bits per heavy atom. The molecule has 0 aromatic carbocycles. The molecule has 0 fully saturated rings. The summed E-state index contributed by atoms with van der Waals surface area (Å²) in [5, 5.41) is 7.44. The van der Waals surface area contributed by atoms with E-state index in [2.05, 4.69) is 64.8 Å². The van der Waals surface area contributed by atoms with Gasteiger partial charge in [-0.15, -0.1) is 6.58 Å². The standard InChI is InChI=1S/C19H40N2/c1-8-10-11-12-13-14-15-18(20-16(3)4)19(7,9-2)21-17(5)6/h9,16-18,20-21H,2,8,10-15H2,1,3-7H3. The summed E-state index contributed by atoms with van der Waals surface area (Å²) < 4.78 is 0. The molecule has 21 heavy (non-hydrogen) atoms. The van der Waals surface area contributed by atoms with Gasteiger partial charge in [-0.25, -0.2) is 0 Å². The first-order valence-corrected chi connectivity index (χ1v) is 9.03. The van der Waals surface area contributed by atoms with Crippen LogP contribution in [0.15, 0.2) is 12.7 Å². The van der Waals surface area contributed by atoms with Gasteiger partial charge in [-0.1, -0.05) is 79.2 Å². The molecule has 2 N–H and O–H groups in total. The number of nitrogens with one attached hydrogen (secondary N) is 2. The van der Waals surface area contributed by atoms with Crippen molar-refractivity contribution in [3.05, 3.63) is 12.7 Å². The Morgan fingerprint density at radius 3 is 2.00 bits per heavy atom. The first-order valence-electron chi connectivity index (χ1n) is 9.03. The van der Waals surface area contributed by atoms with Gasteiger partial charge in [-0.3, -0.25) is 0 Å². The van der Waals surface area contributed by atoms with Crippen LogP contribution in [0.3, 0.4) is 0 Å². The maximum Gasteiger partial charge on any atom is 0.0490 e. The van der Waals surface area contributed by atoms with Crippen molar-refractivity contribution in [3.8, 4) is 0 Å². The summed E-state index contributed by atoms with van der Waals surface area (Å²) in [7, 11) is 0. The zero-order valence-electron chi connectivity index (χ0n) is 15.5. The predicted octanol–water partition coefficient (Wildman–Crippen LogP) is 5.05. The number of rotatable bonds is 13. The highest BCUT2D eigenvalue weighted by Gasteiger charge is 2.31. The average molecular weight is 297 g/mol. The van der Waals surface area contributed by atoms with Gasteiger partial charge in [0, 0.05) is 23.7 Å². The van der Waals surface area contributed by atoms with Crippen LogP contribution in [0, 0.1) is 0 Å². The molecule has 0 radical (unpaired) electrons. The van der Waals surface area contributed by atoms with Crippen LogP contribution in [0.4, 0.5) is 0 Å². The van der Waals surface area contributed by atoms with Gasteiger partial charge in [-0.2, -0.15) is 0 Å². The lowest BCUT2D eigenvalue weighted by atomic mass is 9.86. The zero-order valence-corrected chi connectivity index (χ0v) is 15.5. The first kappa shape index (κ1) is 20.7. The van der Waals surface area contributed by atoms with Gasteiger partial charge in [0.25, 0.3) is 0 Å². The van der Waals surface area contributed by atoms with Crippen LogP contribution in [-0.4, -0.2) is 23.7 Å². The molecule has 0 aromatic rings. The molecular weight excluding hydrogens is 256 g/mol. The van der Waals surface area contributed by atoms with Crippen LogP contribution >= 0.6 is 0 Å². The maximum atomic E-state index is 4.08. The monoisotopic (exact) mass is 296 g/mol. The van der Waals surface area contributed by atoms with E-state index in [1.807, 2.05) is 0 Å². The van der Waals surface area contributed by atoms with E-state index in [0.29, 0.717) is 18.1 Å². The van der Waals surface area contributed by atoms with Crippen molar-refractivity contribution in [2.45, 2.75) is 110 Å². The lowest BCUT2D eigenvalue weighted by Gasteiger charge is -2.39. The molecule has 0 amide bonds. The lowest BCUT2D eigenvalue weighted by Crippen LogP contribution is -2.59. The summed E-state index contributed by atoms with van der Waals surface area (Å²) >= 11 is 0. The fourth-order valence-electron chi connectivity index (χ4n) is 3.01. The van der Waals surface area contributed by atoms with E-state index >= 15 is 0 Å². The van der Waals surface area contributed by atoms with Crippen molar-refractivity contribution in [2.75, 3.05) is 0 Å². The molecular formula is C19H40N2. The van der Waals surface area contributed by atoms with E-state index in [9.17, 15) is 0 Å². The predicted molar refractivity (Wildman–Crippen MR) is 96.9 cm³/mol. The topological polar surface area (TPSA) is 24.1 Å². The summed E-state index contributed by atoms with van der Waals surface area (Å²) in [5.74, 6) is 0. The highest BCUT2D eigenvalue weighted by molar-refractivity contribution is 5.08. The smallest absolute Gasteiger partial charge is 0.0490 e. The summed E-state index contributed by atoms with van der Waals surface area (Å²) in [6, 6.07) is 1.42. The van der Waals surface area contributed by atoms with Gasteiger partial charge < -0.3 is 10.6 Å². The van der Waals surface area contributed by atoms with Crippen LogP contribution < -0.4 is 10.6 Å². The quantitative estimate of drug-likeness (QED) is 0.367. The zero-order chi connectivity index (χ0) is 16.3. The van der Waals surface area contributed by atoms with Gasteiger partial charge in [0.2, 0.25) is 0 Å². The van der Waals surface area contributed by atoms with Gasteiger partial charge in [0.05, 0.1) is 0 Å². The summed E-state index contributed by atoms with van der Waals surface area (Å²) in [5.41, 5.74) is -0.0398. The lowest BCUT2D eigenvalue weighted by molar-refractivity contribution is 0.259. The van der Waals surface area contributed by atoms with E-state index in [1.54, 1.807) is 0 Å². The van der Waals surface area contributed by atoms with Gasteiger partial charge in [0.15, 0.2) is 0 Å². The van der Waals surface area contributed by atoms with Crippen LogP contribution in [-0.2, 0) is 0 Å². The van der Waals surface area contributed by atoms with Crippen LogP contribution in [0.5, 0.6) is 0 Å². The molecule has 0 spiro atoms. The number of hydrogen-bond acceptors (Lipinski definition) is 2. The van der Waals surface area contributed by atoms with E-state index < -0.39 is 0 Å². The minimum Gasteiger partial charge on any atom is -0.310 e. The fourth-order valence-corrected chi connectivity index (χ4v) is 3.01. The van der Waals surface area contributed by atoms with E-state index in [0.717, 1.165) is 0 Å². The third kappa shape index (κ3) is 9.31. The Kier molecular flexibility index (Phi) is 11.1. The second-order valence-corrected chi connectivity index (χ2v) is 7.22. The third-order valence-electron chi connectivity index (χ3n) is 4.13. The molecule has 2 nitrogen and oxygen atoms in total. The highest BCUT2D eigenvalue weighted by Crippen LogP contribution is 2.20. The molecule has 0 bridgehead atoms. The van der Waals surface area contributed by atoms with Crippen molar-refractivity contribution in [3.63, 3.8) is 0 Å². The van der Waals surface area contributed by atoms with Crippen LogP contribution in [0.1, 0.15) is 86.5 Å². The number of hydrogen-bond donors (Lipinski definition) is 2. The normalized spacial score (nSPS) is 16.2.